The zero-order valence-electron chi connectivity index (χ0n) is 19.0. The number of allylic oxidation sites excluding steroid dienone is 4. The summed E-state index contributed by atoms with van der Waals surface area (Å²) in [6, 6.07) is 3.64. The van der Waals surface area contributed by atoms with Gasteiger partial charge in [0.2, 0.25) is 0 Å². The molecule has 3 aliphatic rings. The van der Waals surface area contributed by atoms with E-state index in [0.717, 1.165) is 17.0 Å². The van der Waals surface area contributed by atoms with Crippen molar-refractivity contribution in [2.75, 3.05) is 19.8 Å². The van der Waals surface area contributed by atoms with Crippen LogP contribution in [0.5, 0.6) is 11.5 Å². The number of hydrogen-bond acceptors (Lipinski definition) is 6. The molecule has 4 rings (SSSR count). The summed E-state index contributed by atoms with van der Waals surface area (Å²) in [7, 11) is 0. The normalized spacial score (nSPS) is 18.4. The van der Waals surface area contributed by atoms with Gasteiger partial charge in [0.15, 0.2) is 23.1 Å². The molecule has 0 amide bonds. The van der Waals surface area contributed by atoms with Crippen LogP contribution in [0.15, 0.2) is 39.1 Å². The van der Waals surface area contributed by atoms with Crippen molar-refractivity contribution in [1.29, 1.82) is 0 Å². The Labute approximate surface area is 206 Å². The van der Waals surface area contributed by atoms with Gasteiger partial charge in [0.05, 0.1) is 11.1 Å². The number of halogens is 1. The van der Waals surface area contributed by atoms with E-state index < -0.39 is 11.9 Å². The summed E-state index contributed by atoms with van der Waals surface area (Å²) < 4.78 is 12.1. The fourth-order valence-electron chi connectivity index (χ4n) is 5.15. The van der Waals surface area contributed by atoms with Gasteiger partial charge in [-0.3, -0.25) is 14.4 Å². The van der Waals surface area contributed by atoms with E-state index in [1.807, 2.05) is 13.0 Å². The van der Waals surface area contributed by atoms with Crippen molar-refractivity contribution in [3.05, 3.63) is 44.7 Å². The Morgan fingerprint density at radius 2 is 1.74 bits per heavy atom. The second-order valence-corrected chi connectivity index (χ2v) is 9.30. The van der Waals surface area contributed by atoms with Crippen molar-refractivity contribution in [3.8, 4) is 23.8 Å². The largest absolute Gasteiger partial charge is 0.490 e. The number of benzene rings is 1. The third kappa shape index (κ3) is 4.37. The van der Waals surface area contributed by atoms with Crippen molar-refractivity contribution in [2.45, 2.75) is 51.4 Å². The maximum atomic E-state index is 13.3. The maximum Gasteiger partial charge on any atom is 0.323 e. The summed E-state index contributed by atoms with van der Waals surface area (Å²) in [4.78, 5) is 40.0. The average Bonchev–Trinajstić information content (AvgIpc) is 2.79. The Hall–Kier alpha value is -3.05. The van der Waals surface area contributed by atoms with Gasteiger partial charge in [0.1, 0.15) is 13.2 Å². The summed E-state index contributed by atoms with van der Waals surface area (Å²) in [5.74, 6) is 1.70. The zero-order chi connectivity index (χ0) is 24.4. The Bertz CT molecular complexity index is 1110. The number of ketones is 2. The predicted molar refractivity (Wildman–Crippen MR) is 128 cm³/mol. The lowest BCUT2D eigenvalue weighted by molar-refractivity contribution is -0.138. The number of Topliss-reactive ketones (excluding diaryl/α,β-unsaturated/α-hetero) is 2. The first-order valence-electron chi connectivity index (χ1n) is 11.4. The highest BCUT2D eigenvalue weighted by Crippen LogP contribution is 2.51. The molecular formula is C26H26BrNO6. The summed E-state index contributed by atoms with van der Waals surface area (Å²) >= 11 is 3.55. The lowest BCUT2D eigenvalue weighted by Gasteiger charge is -2.43. The Balaban J connectivity index is 1.94. The van der Waals surface area contributed by atoms with Crippen LogP contribution in [0.3, 0.4) is 0 Å². The molecule has 0 radical (unpaired) electrons. The number of ether oxygens (including phenoxy) is 2. The maximum absolute atomic E-state index is 13.3. The molecule has 0 bridgehead atoms. The molecule has 1 aliphatic heterocycles. The number of rotatable bonds is 7. The number of carbonyl (C=O) groups is 3. The molecule has 1 N–H and O–H groups in total. The first-order valence-corrected chi connectivity index (χ1v) is 12.2. The van der Waals surface area contributed by atoms with Crippen molar-refractivity contribution in [2.24, 2.45) is 0 Å². The third-order valence-electron chi connectivity index (χ3n) is 6.34. The van der Waals surface area contributed by atoms with Crippen LogP contribution in [-0.4, -0.2) is 47.3 Å². The second-order valence-electron chi connectivity index (χ2n) is 8.44. The smallest absolute Gasteiger partial charge is 0.323 e. The molecule has 1 heterocycles. The number of carboxylic acids is 1. The minimum Gasteiger partial charge on any atom is -0.490 e. The highest BCUT2D eigenvalue weighted by atomic mass is 79.9. The van der Waals surface area contributed by atoms with Crippen molar-refractivity contribution in [3.63, 3.8) is 0 Å². The Kier molecular flexibility index (Phi) is 7.13. The molecule has 8 heteroatoms. The van der Waals surface area contributed by atoms with Crippen molar-refractivity contribution < 1.29 is 29.0 Å². The molecule has 0 saturated heterocycles. The molecule has 0 atom stereocenters. The van der Waals surface area contributed by atoms with E-state index in [1.54, 1.807) is 11.0 Å². The Morgan fingerprint density at radius 1 is 1.12 bits per heavy atom. The number of carboxylic acid groups (broad SMARTS) is 1. The SMILES string of the molecule is C#CCOc1c(Br)cc(C2C3=C(CCCC3=O)N(CC(=O)O)C3=C2C(=O)CCC3)cc1OCC. The summed E-state index contributed by atoms with van der Waals surface area (Å²) in [6.45, 7) is 2.04. The molecule has 178 valence electrons. The van der Waals surface area contributed by atoms with Gasteiger partial charge >= 0.3 is 5.97 Å². The number of hydrogen-bond donors (Lipinski definition) is 1. The fraction of sp³-hybridized carbons (Fsp3) is 0.423. The van der Waals surface area contributed by atoms with E-state index in [1.165, 1.54) is 0 Å². The van der Waals surface area contributed by atoms with Crippen LogP contribution in [0.1, 0.15) is 56.9 Å². The molecular weight excluding hydrogens is 502 g/mol. The van der Waals surface area contributed by atoms with Crippen molar-refractivity contribution in [1.82, 2.24) is 4.90 Å². The highest BCUT2D eigenvalue weighted by Gasteiger charge is 2.44. The molecule has 0 saturated carbocycles. The minimum absolute atomic E-state index is 0.0479. The van der Waals surface area contributed by atoms with Gasteiger partial charge in [0, 0.05) is 41.3 Å². The summed E-state index contributed by atoms with van der Waals surface area (Å²) in [5.41, 5.74) is 3.21. The van der Waals surface area contributed by atoms with E-state index in [9.17, 15) is 19.5 Å². The number of terminal acetylenes is 1. The molecule has 0 spiro atoms. The van der Waals surface area contributed by atoms with Gasteiger partial charge < -0.3 is 19.5 Å². The Morgan fingerprint density at radius 3 is 2.26 bits per heavy atom. The minimum atomic E-state index is -0.996. The first kappa shape index (κ1) is 24.1. The van der Waals surface area contributed by atoms with Gasteiger partial charge in [0.25, 0.3) is 0 Å². The zero-order valence-corrected chi connectivity index (χ0v) is 20.6. The van der Waals surface area contributed by atoms with Crippen LogP contribution < -0.4 is 9.47 Å². The van der Waals surface area contributed by atoms with E-state index in [4.69, 9.17) is 15.9 Å². The summed E-state index contributed by atoms with van der Waals surface area (Å²) in [6.07, 6.45) is 8.60. The molecule has 0 fully saturated rings. The van der Waals surface area contributed by atoms with E-state index >= 15 is 0 Å². The number of nitrogens with zero attached hydrogens (tertiary/aromatic N) is 1. The number of carbonyl (C=O) groups excluding carboxylic acids is 2. The van der Waals surface area contributed by atoms with E-state index in [2.05, 4.69) is 21.9 Å². The molecule has 1 aromatic rings. The quantitative estimate of drug-likeness (QED) is 0.526. The van der Waals surface area contributed by atoms with E-state index in [-0.39, 0.29) is 24.7 Å². The van der Waals surface area contributed by atoms with Crippen LogP contribution in [0.4, 0.5) is 0 Å². The van der Waals surface area contributed by atoms with Crippen LogP contribution in [0.2, 0.25) is 0 Å². The second kappa shape index (κ2) is 10.1. The third-order valence-corrected chi connectivity index (χ3v) is 6.93. The lowest BCUT2D eigenvalue weighted by Crippen LogP contribution is -2.41. The topological polar surface area (TPSA) is 93.1 Å². The average molecular weight is 528 g/mol. The number of aliphatic carboxylic acids is 1. The molecule has 34 heavy (non-hydrogen) atoms. The van der Waals surface area contributed by atoms with E-state index in [0.29, 0.717) is 72.2 Å². The van der Waals surface area contributed by atoms with Gasteiger partial charge in [-0.15, -0.1) is 6.42 Å². The predicted octanol–water partition coefficient (Wildman–Crippen LogP) is 4.36. The van der Waals surface area contributed by atoms with Gasteiger partial charge in [-0.05, 0) is 66.2 Å². The molecule has 7 nitrogen and oxygen atoms in total. The van der Waals surface area contributed by atoms with Crippen LogP contribution >= 0.6 is 15.9 Å². The molecule has 0 unspecified atom stereocenters. The fourth-order valence-corrected chi connectivity index (χ4v) is 5.72. The van der Waals surface area contributed by atoms with Gasteiger partial charge in [-0.1, -0.05) is 5.92 Å². The van der Waals surface area contributed by atoms with Gasteiger partial charge in [-0.2, -0.15) is 0 Å². The first-order chi connectivity index (χ1) is 16.4. The van der Waals surface area contributed by atoms with Gasteiger partial charge in [-0.25, -0.2) is 0 Å². The molecule has 2 aliphatic carbocycles. The lowest BCUT2D eigenvalue weighted by atomic mass is 9.71. The monoisotopic (exact) mass is 527 g/mol. The molecule has 1 aromatic carbocycles. The van der Waals surface area contributed by atoms with Crippen molar-refractivity contribution >= 4 is 33.5 Å². The van der Waals surface area contributed by atoms with Crippen LogP contribution in [0, 0.1) is 12.3 Å². The highest BCUT2D eigenvalue weighted by molar-refractivity contribution is 9.10. The van der Waals surface area contributed by atoms with Crippen LogP contribution in [-0.2, 0) is 14.4 Å². The van der Waals surface area contributed by atoms with Crippen LogP contribution in [0.25, 0.3) is 0 Å². The summed E-state index contributed by atoms with van der Waals surface area (Å²) in [5, 5.41) is 9.59. The molecule has 0 aromatic heterocycles. The standard InChI is InChI=1S/C26H26BrNO6/c1-3-11-34-26-16(27)12-15(13-21(26)33-4-2)23-24-17(7-5-9-19(24)29)28(14-22(31)32)18-8-6-10-20(30)25(18)23/h1,12-13,23H,4-11,14H2,2H3,(H,31,32).